The Hall–Kier alpha value is -3.02. The van der Waals surface area contributed by atoms with Crippen molar-refractivity contribution in [3.05, 3.63) is 48.0 Å². The molecule has 1 heterocycles. The molecule has 3 rings (SSSR count). The summed E-state index contributed by atoms with van der Waals surface area (Å²) in [6.45, 7) is 10.5. The van der Waals surface area contributed by atoms with Crippen LogP contribution in [-0.2, 0) is 16.0 Å². The predicted molar refractivity (Wildman–Crippen MR) is 123 cm³/mol. The Labute approximate surface area is 184 Å². The highest BCUT2D eigenvalue weighted by Crippen LogP contribution is 2.37. The van der Waals surface area contributed by atoms with Crippen LogP contribution in [0, 0.1) is 10.8 Å². The maximum Gasteiger partial charge on any atom is 0.232 e. The largest absolute Gasteiger partial charge is 0.496 e. The Morgan fingerprint density at radius 2 is 1.81 bits per heavy atom. The molecule has 166 valence electrons. The molecular weight excluding hydrogens is 392 g/mol. The number of nitrogens with one attached hydrogen (secondary N) is 1. The number of ether oxygens (including phenoxy) is 2. The lowest BCUT2D eigenvalue weighted by Crippen LogP contribution is -2.44. The van der Waals surface area contributed by atoms with E-state index in [9.17, 15) is 9.59 Å². The van der Waals surface area contributed by atoms with E-state index in [4.69, 9.17) is 9.47 Å². The van der Waals surface area contributed by atoms with E-state index in [1.54, 1.807) is 24.1 Å². The Morgan fingerprint density at radius 3 is 2.48 bits per heavy atom. The fourth-order valence-corrected chi connectivity index (χ4v) is 3.62. The standard InChI is InChI=1S/C25H32N2O4/c1-24(2,3)23(29)27-13-14-31-21-12-11-18(15-19(21)27)26-22(28)25(4,5)16-17-9-7-8-10-20(17)30-6/h7-12,15H,13-14,16H2,1-6H3,(H,26,28). The minimum atomic E-state index is -0.665. The number of anilines is 2. The molecule has 1 N–H and O–H groups in total. The van der Waals surface area contributed by atoms with Crippen LogP contribution in [0.25, 0.3) is 0 Å². The van der Waals surface area contributed by atoms with E-state index in [2.05, 4.69) is 5.32 Å². The molecule has 0 spiro atoms. The molecule has 6 heteroatoms. The number of carbonyl (C=O) groups excluding carboxylic acids is 2. The van der Waals surface area contributed by atoms with Gasteiger partial charge in [-0.15, -0.1) is 0 Å². The molecule has 1 aliphatic rings. The van der Waals surface area contributed by atoms with Gasteiger partial charge in [0.1, 0.15) is 18.1 Å². The summed E-state index contributed by atoms with van der Waals surface area (Å²) in [5.74, 6) is 1.33. The second-order valence-corrected chi connectivity index (χ2v) is 9.56. The van der Waals surface area contributed by atoms with Crippen molar-refractivity contribution in [2.45, 2.75) is 41.0 Å². The Bertz CT molecular complexity index is 976. The average molecular weight is 425 g/mol. The fourth-order valence-electron chi connectivity index (χ4n) is 3.62. The first-order chi connectivity index (χ1) is 14.5. The van der Waals surface area contributed by atoms with Crippen molar-refractivity contribution in [1.82, 2.24) is 0 Å². The average Bonchev–Trinajstić information content (AvgIpc) is 2.72. The second kappa shape index (κ2) is 8.61. The zero-order chi connectivity index (χ0) is 22.8. The van der Waals surface area contributed by atoms with Crippen LogP contribution in [0.15, 0.2) is 42.5 Å². The first-order valence-electron chi connectivity index (χ1n) is 10.5. The summed E-state index contributed by atoms with van der Waals surface area (Å²) in [6.07, 6.45) is 0.533. The summed E-state index contributed by atoms with van der Waals surface area (Å²) in [4.78, 5) is 27.8. The van der Waals surface area contributed by atoms with Gasteiger partial charge in [0, 0.05) is 16.5 Å². The van der Waals surface area contributed by atoms with E-state index in [0.29, 0.717) is 36.7 Å². The summed E-state index contributed by atoms with van der Waals surface area (Å²) in [7, 11) is 1.63. The molecule has 31 heavy (non-hydrogen) atoms. The van der Waals surface area contributed by atoms with Gasteiger partial charge in [0.15, 0.2) is 0 Å². The van der Waals surface area contributed by atoms with Crippen molar-refractivity contribution >= 4 is 23.2 Å². The molecule has 0 fully saturated rings. The molecule has 2 aromatic carbocycles. The third-order valence-corrected chi connectivity index (χ3v) is 5.41. The van der Waals surface area contributed by atoms with Crippen LogP contribution in [0.4, 0.5) is 11.4 Å². The van der Waals surface area contributed by atoms with Crippen LogP contribution in [-0.4, -0.2) is 32.1 Å². The van der Waals surface area contributed by atoms with Crippen molar-refractivity contribution < 1.29 is 19.1 Å². The summed E-state index contributed by atoms with van der Waals surface area (Å²) < 4.78 is 11.2. The van der Waals surface area contributed by atoms with Gasteiger partial charge >= 0.3 is 0 Å². The van der Waals surface area contributed by atoms with Crippen LogP contribution in [0.1, 0.15) is 40.2 Å². The van der Waals surface area contributed by atoms with Gasteiger partial charge < -0.3 is 19.7 Å². The molecule has 0 radical (unpaired) electrons. The number of rotatable bonds is 5. The van der Waals surface area contributed by atoms with Crippen molar-refractivity contribution in [3.63, 3.8) is 0 Å². The summed E-state index contributed by atoms with van der Waals surface area (Å²) in [5.41, 5.74) is 1.12. The molecule has 0 saturated carbocycles. The van der Waals surface area contributed by atoms with Crippen molar-refractivity contribution in [2.24, 2.45) is 10.8 Å². The van der Waals surface area contributed by atoms with Gasteiger partial charge in [0.2, 0.25) is 11.8 Å². The van der Waals surface area contributed by atoms with E-state index >= 15 is 0 Å². The lowest BCUT2D eigenvalue weighted by molar-refractivity contribution is -0.126. The van der Waals surface area contributed by atoms with Gasteiger partial charge in [0.05, 0.1) is 19.3 Å². The summed E-state index contributed by atoms with van der Waals surface area (Å²) in [5, 5.41) is 3.01. The minimum Gasteiger partial charge on any atom is -0.496 e. The van der Waals surface area contributed by atoms with E-state index in [1.807, 2.05) is 65.0 Å². The third kappa shape index (κ3) is 5.01. The van der Waals surface area contributed by atoms with Gasteiger partial charge in [-0.2, -0.15) is 0 Å². The molecule has 2 amide bonds. The first-order valence-corrected chi connectivity index (χ1v) is 10.5. The Morgan fingerprint density at radius 1 is 1.10 bits per heavy atom. The van der Waals surface area contributed by atoms with Crippen LogP contribution in [0.3, 0.4) is 0 Å². The van der Waals surface area contributed by atoms with Gasteiger partial charge in [-0.3, -0.25) is 9.59 Å². The number of hydrogen-bond acceptors (Lipinski definition) is 4. The molecular formula is C25H32N2O4. The maximum atomic E-state index is 13.1. The second-order valence-electron chi connectivity index (χ2n) is 9.56. The predicted octanol–water partition coefficient (Wildman–Crippen LogP) is 4.67. The van der Waals surface area contributed by atoms with E-state index in [1.165, 1.54) is 0 Å². The van der Waals surface area contributed by atoms with Crippen molar-refractivity contribution in [2.75, 3.05) is 30.5 Å². The summed E-state index contributed by atoms with van der Waals surface area (Å²) in [6, 6.07) is 13.1. The number of benzene rings is 2. The lowest BCUT2D eigenvalue weighted by Gasteiger charge is -2.34. The number of methoxy groups -OCH3 is 1. The number of hydrogen-bond donors (Lipinski definition) is 1. The molecule has 0 atom stereocenters. The molecule has 6 nitrogen and oxygen atoms in total. The van der Waals surface area contributed by atoms with E-state index in [-0.39, 0.29) is 11.8 Å². The van der Waals surface area contributed by atoms with Gasteiger partial charge in [-0.25, -0.2) is 0 Å². The zero-order valence-electron chi connectivity index (χ0n) is 19.2. The molecule has 0 aromatic heterocycles. The highest BCUT2D eigenvalue weighted by Gasteiger charge is 2.33. The van der Waals surface area contributed by atoms with E-state index in [0.717, 1.165) is 11.3 Å². The number of para-hydroxylation sites is 1. The third-order valence-electron chi connectivity index (χ3n) is 5.41. The summed E-state index contributed by atoms with van der Waals surface area (Å²) >= 11 is 0. The van der Waals surface area contributed by atoms with Crippen molar-refractivity contribution in [1.29, 1.82) is 0 Å². The first kappa shape index (κ1) is 22.7. The topological polar surface area (TPSA) is 67.9 Å². The van der Waals surface area contributed by atoms with E-state index < -0.39 is 10.8 Å². The molecule has 2 aromatic rings. The SMILES string of the molecule is COc1ccccc1CC(C)(C)C(=O)Nc1ccc2c(c1)N(C(=O)C(C)(C)C)CCO2. The van der Waals surface area contributed by atoms with Crippen LogP contribution < -0.4 is 19.7 Å². The van der Waals surface area contributed by atoms with Gasteiger partial charge in [-0.1, -0.05) is 52.8 Å². The zero-order valence-corrected chi connectivity index (χ0v) is 19.2. The quantitative estimate of drug-likeness (QED) is 0.757. The number of fused-ring (bicyclic) bond motifs is 1. The van der Waals surface area contributed by atoms with Gasteiger partial charge in [0.25, 0.3) is 0 Å². The molecule has 0 aliphatic carbocycles. The van der Waals surface area contributed by atoms with Crippen LogP contribution >= 0.6 is 0 Å². The lowest BCUT2D eigenvalue weighted by atomic mass is 9.84. The molecule has 0 saturated heterocycles. The highest BCUT2D eigenvalue weighted by molar-refractivity contribution is 6.00. The Balaban J connectivity index is 1.81. The monoisotopic (exact) mass is 424 g/mol. The highest BCUT2D eigenvalue weighted by atomic mass is 16.5. The van der Waals surface area contributed by atoms with Gasteiger partial charge in [-0.05, 0) is 36.2 Å². The van der Waals surface area contributed by atoms with Crippen molar-refractivity contribution in [3.8, 4) is 11.5 Å². The number of carbonyl (C=O) groups is 2. The molecule has 0 bridgehead atoms. The smallest absolute Gasteiger partial charge is 0.232 e. The minimum absolute atomic E-state index is 0.0250. The molecule has 1 aliphatic heterocycles. The normalized spacial score (nSPS) is 13.8. The number of amides is 2. The van der Waals surface area contributed by atoms with Crippen LogP contribution in [0.5, 0.6) is 11.5 Å². The molecule has 0 unspecified atom stereocenters. The number of nitrogens with zero attached hydrogens (tertiary/aromatic N) is 1. The fraction of sp³-hybridized carbons (Fsp3) is 0.440. The maximum absolute atomic E-state index is 13.1. The Kier molecular flexibility index (Phi) is 6.30. The van der Waals surface area contributed by atoms with Crippen LogP contribution in [0.2, 0.25) is 0 Å².